The Morgan fingerprint density at radius 2 is 1.72 bits per heavy atom. The molecule has 0 saturated carbocycles. The van der Waals surface area contributed by atoms with Crippen LogP contribution in [0.1, 0.15) is 42.5 Å². The Labute approximate surface area is 175 Å². The number of carbonyl (C=O) groups excluding carboxylic acids is 1. The normalized spacial score (nSPS) is 19.9. The molecule has 29 heavy (non-hydrogen) atoms. The van der Waals surface area contributed by atoms with E-state index in [0.29, 0.717) is 25.2 Å². The van der Waals surface area contributed by atoms with Gasteiger partial charge in [-0.25, -0.2) is 8.42 Å². The second-order valence-corrected chi connectivity index (χ2v) is 10.0. The first-order valence-electron chi connectivity index (χ1n) is 10.8. The van der Waals surface area contributed by atoms with E-state index < -0.39 is 10.0 Å². The molecule has 0 aliphatic carbocycles. The molecule has 0 aromatic heterocycles. The number of amides is 1. The molecule has 0 bridgehead atoms. The van der Waals surface area contributed by atoms with Crippen LogP contribution < -0.4 is 5.32 Å². The van der Waals surface area contributed by atoms with Gasteiger partial charge in [-0.05, 0) is 57.5 Å². The number of carbonyl (C=O) groups is 1. The number of nitrogens with one attached hydrogen (secondary N) is 1. The molecule has 1 amide bonds. The summed E-state index contributed by atoms with van der Waals surface area (Å²) in [7, 11) is -1.37. The van der Waals surface area contributed by atoms with Gasteiger partial charge in [-0.3, -0.25) is 4.79 Å². The highest BCUT2D eigenvalue weighted by Crippen LogP contribution is 2.21. The summed E-state index contributed by atoms with van der Waals surface area (Å²) in [6.07, 6.45) is 4.83. The Kier molecular flexibility index (Phi) is 8.06. The van der Waals surface area contributed by atoms with Crippen LogP contribution in [0.2, 0.25) is 0 Å². The lowest BCUT2D eigenvalue weighted by Gasteiger charge is -2.32. The van der Waals surface area contributed by atoms with Crippen LogP contribution in [0.4, 0.5) is 0 Å². The van der Waals surface area contributed by atoms with Crippen LogP contribution in [-0.4, -0.2) is 87.8 Å². The molecule has 2 saturated heterocycles. The Hall–Kier alpha value is -1.48. The summed E-state index contributed by atoms with van der Waals surface area (Å²) in [5.41, 5.74) is 0.405. The smallest absolute Gasteiger partial charge is 0.251 e. The summed E-state index contributed by atoms with van der Waals surface area (Å²) in [6, 6.07) is 6.41. The van der Waals surface area contributed by atoms with Crippen LogP contribution in [0.5, 0.6) is 0 Å². The van der Waals surface area contributed by atoms with Crippen LogP contribution in [-0.2, 0) is 10.0 Å². The number of unbranched alkanes of at least 4 members (excludes halogenated alkanes) is 1. The van der Waals surface area contributed by atoms with E-state index in [0.717, 1.165) is 64.8 Å². The SMILES string of the molecule is CN1CCN(CCCCNC(=O)c2cccc(S(=O)(=O)N3CCCCC3)c2)CC1. The molecule has 1 aromatic carbocycles. The topological polar surface area (TPSA) is 73.0 Å². The standard InChI is InChI=1S/C21H34N4O3S/c1-23-14-16-24(17-15-23)11-6-3-10-22-21(26)19-8-7-9-20(18-19)29(27,28)25-12-4-2-5-13-25/h7-9,18H,2-6,10-17H2,1H3,(H,22,26). The first-order chi connectivity index (χ1) is 14.0. The van der Waals surface area contributed by atoms with Crippen molar-refractivity contribution in [2.24, 2.45) is 0 Å². The lowest BCUT2D eigenvalue weighted by molar-refractivity contribution is 0.0951. The minimum atomic E-state index is -3.52. The predicted octanol–water partition coefficient (Wildman–Crippen LogP) is 1.62. The van der Waals surface area contributed by atoms with Gasteiger partial charge in [0.2, 0.25) is 10.0 Å². The molecule has 0 radical (unpaired) electrons. The number of piperidine rings is 1. The third kappa shape index (κ3) is 6.25. The Morgan fingerprint density at radius 3 is 2.45 bits per heavy atom. The van der Waals surface area contributed by atoms with Crippen molar-refractivity contribution in [1.29, 1.82) is 0 Å². The van der Waals surface area contributed by atoms with E-state index in [9.17, 15) is 13.2 Å². The van der Waals surface area contributed by atoms with Gasteiger partial charge >= 0.3 is 0 Å². The van der Waals surface area contributed by atoms with Crippen molar-refractivity contribution in [3.63, 3.8) is 0 Å². The highest BCUT2D eigenvalue weighted by Gasteiger charge is 2.26. The molecule has 2 aliphatic rings. The van der Waals surface area contributed by atoms with Crippen molar-refractivity contribution in [3.05, 3.63) is 29.8 Å². The molecule has 7 nitrogen and oxygen atoms in total. The molecule has 0 atom stereocenters. The zero-order valence-electron chi connectivity index (χ0n) is 17.5. The van der Waals surface area contributed by atoms with Crippen LogP contribution in [0.25, 0.3) is 0 Å². The second kappa shape index (κ2) is 10.5. The molecule has 1 aromatic rings. The predicted molar refractivity (Wildman–Crippen MR) is 115 cm³/mol. The van der Waals surface area contributed by atoms with Gasteiger partial charge in [0.1, 0.15) is 0 Å². The minimum absolute atomic E-state index is 0.208. The van der Waals surface area contributed by atoms with Crippen LogP contribution in [0, 0.1) is 0 Å². The molecule has 0 unspecified atom stereocenters. The van der Waals surface area contributed by atoms with Crippen molar-refractivity contribution >= 4 is 15.9 Å². The molecule has 162 valence electrons. The molecular formula is C21H34N4O3S. The first kappa shape index (κ1) is 22.2. The lowest BCUT2D eigenvalue weighted by atomic mass is 10.2. The van der Waals surface area contributed by atoms with Gasteiger partial charge in [0, 0.05) is 51.4 Å². The number of benzene rings is 1. The largest absolute Gasteiger partial charge is 0.352 e. The van der Waals surface area contributed by atoms with Gasteiger partial charge in [0.25, 0.3) is 5.91 Å². The van der Waals surface area contributed by atoms with E-state index in [1.807, 2.05) is 0 Å². The van der Waals surface area contributed by atoms with Crippen molar-refractivity contribution in [3.8, 4) is 0 Å². The number of likely N-dealkylation sites (N-methyl/N-ethyl adjacent to an activating group) is 1. The summed E-state index contributed by atoms with van der Waals surface area (Å²) in [5.74, 6) is -0.208. The number of sulfonamides is 1. The third-order valence-corrected chi connectivity index (χ3v) is 7.73. The van der Waals surface area contributed by atoms with E-state index in [-0.39, 0.29) is 10.8 Å². The number of nitrogens with zero attached hydrogens (tertiary/aromatic N) is 3. The van der Waals surface area contributed by atoms with Crippen molar-refractivity contribution < 1.29 is 13.2 Å². The van der Waals surface area contributed by atoms with Gasteiger partial charge in [-0.1, -0.05) is 12.5 Å². The van der Waals surface area contributed by atoms with Gasteiger partial charge in [-0.2, -0.15) is 4.31 Å². The summed E-state index contributed by atoms with van der Waals surface area (Å²) in [4.78, 5) is 17.5. The Bertz CT molecular complexity index is 770. The van der Waals surface area contributed by atoms with E-state index >= 15 is 0 Å². The molecule has 2 fully saturated rings. The maximum absolute atomic E-state index is 12.8. The van der Waals surface area contributed by atoms with Crippen molar-refractivity contribution in [2.75, 3.05) is 59.4 Å². The van der Waals surface area contributed by atoms with Crippen molar-refractivity contribution in [2.45, 2.75) is 37.0 Å². The summed E-state index contributed by atoms with van der Waals surface area (Å²) >= 11 is 0. The molecule has 8 heteroatoms. The van der Waals surface area contributed by atoms with Crippen molar-refractivity contribution in [1.82, 2.24) is 19.4 Å². The average Bonchev–Trinajstić information content (AvgIpc) is 2.75. The molecule has 0 spiro atoms. The Morgan fingerprint density at radius 1 is 1.00 bits per heavy atom. The third-order valence-electron chi connectivity index (χ3n) is 5.83. The molecule has 2 heterocycles. The van der Waals surface area contributed by atoms with Gasteiger partial charge in [0.05, 0.1) is 4.90 Å². The second-order valence-electron chi connectivity index (χ2n) is 8.10. The fraction of sp³-hybridized carbons (Fsp3) is 0.667. The van der Waals surface area contributed by atoms with Crippen LogP contribution in [0.3, 0.4) is 0 Å². The monoisotopic (exact) mass is 422 g/mol. The average molecular weight is 423 g/mol. The summed E-state index contributed by atoms with van der Waals surface area (Å²) < 4.78 is 27.2. The number of hydrogen-bond donors (Lipinski definition) is 1. The molecule has 3 rings (SSSR count). The number of hydrogen-bond acceptors (Lipinski definition) is 5. The van der Waals surface area contributed by atoms with Gasteiger partial charge < -0.3 is 15.1 Å². The van der Waals surface area contributed by atoms with Crippen LogP contribution >= 0.6 is 0 Å². The fourth-order valence-corrected chi connectivity index (χ4v) is 5.45. The fourth-order valence-electron chi connectivity index (χ4n) is 3.89. The summed E-state index contributed by atoms with van der Waals surface area (Å²) in [6.45, 7) is 7.25. The quantitative estimate of drug-likeness (QED) is 0.645. The highest BCUT2D eigenvalue weighted by molar-refractivity contribution is 7.89. The zero-order chi connectivity index (χ0) is 20.7. The maximum atomic E-state index is 12.8. The highest BCUT2D eigenvalue weighted by atomic mass is 32.2. The minimum Gasteiger partial charge on any atom is -0.352 e. The molecule has 1 N–H and O–H groups in total. The maximum Gasteiger partial charge on any atom is 0.251 e. The van der Waals surface area contributed by atoms with E-state index in [2.05, 4.69) is 22.2 Å². The number of rotatable bonds is 8. The van der Waals surface area contributed by atoms with E-state index in [4.69, 9.17) is 0 Å². The van der Waals surface area contributed by atoms with Crippen LogP contribution in [0.15, 0.2) is 29.2 Å². The molecule has 2 aliphatic heterocycles. The first-order valence-corrected chi connectivity index (χ1v) is 12.2. The zero-order valence-corrected chi connectivity index (χ0v) is 18.3. The van der Waals surface area contributed by atoms with E-state index in [1.165, 1.54) is 10.4 Å². The lowest BCUT2D eigenvalue weighted by Crippen LogP contribution is -2.44. The van der Waals surface area contributed by atoms with Gasteiger partial charge in [0.15, 0.2) is 0 Å². The summed E-state index contributed by atoms with van der Waals surface area (Å²) in [5, 5.41) is 2.93. The van der Waals surface area contributed by atoms with Gasteiger partial charge in [-0.15, -0.1) is 0 Å². The number of piperazine rings is 1. The molecular weight excluding hydrogens is 388 g/mol. The Balaban J connectivity index is 1.45. The van der Waals surface area contributed by atoms with E-state index in [1.54, 1.807) is 18.2 Å².